The Bertz CT molecular complexity index is 1120. The molecule has 0 heterocycles. The number of aliphatic carboxylic acids is 1. The second kappa shape index (κ2) is 11.5. The van der Waals surface area contributed by atoms with E-state index in [1.54, 1.807) is 0 Å². The van der Waals surface area contributed by atoms with E-state index >= 15 is 0 Å². The molecule has 0 spiro atoms. The predicted molar refractivity (Wildman–Crippen MR) is 134 cm³/mol. The van der Waals surface area contributed by atoms with Crippen molar-refractivity contribution in [2.75, 3.05) is 13.2 Å². The van der Waals surface area contributed by atoms with Gasteiger partial charge in [-0.1, -0.05) is 79.2 Å². The summed E-state index contributed by atoms with van der Waals surface area (Å²) in [7, 11) is 0. The van der Waals surface area contributed by atoms with Gasteiger partial charge in [-0.15, -0.1) is 0 Å². The molecule has 0 aromatic heterocycles. The van der Waals surface area contributed by atoms with E-state index in [0.717, 1.165) is 22.4 Å². The van der Waals surface area contributed by atoms with Crippen molar-refractivity contribution >= 4 is 11.7 Å². The molecule has 0 unspecified atom stereocenters. The minimum absolute atomic E-state index is 0.0144. The Morgan fingerprint density at radius 3 is 2.38 bits per heavy atom. The van der Waals surface area contributed by atoms with Gasteiger partial charge in [0, 0.05) is 0 Å². The quantitative estimate of drug-likeness (QED) is 0.272. The van der Waals surface area contributed by atoms with Crippen LogP contribution in [0.2, 0.25) is 0 Å². The van der Waals surface area contributed by atoms with Crippen molar-refractivity contribution in [3.05, 3.63) is 95.6 Å². The number of nitrogens with one attached hydrogen (secondary N) is 1. The maximum Gasteiger partial charge on any atom is 0.307 e. The molecular weight excluding hydrogens is 426 g/mol. The van der Waals surface area contributed by atoms with Crippen LogP contribution >= 0.6 is 0 Å². The third-order valence-electron chi connectivity index (χ3n) is 6.22. The van der Waals surface area contributed by atoms with Crippen molar-refractivity contribution in [3.63, 3.8) is 0 Å². The van der Waals surface area contributed by atoms with Crippen molar-refractivity contribution in [2.45, 2.75) is 32.6 Å². The van der Waals surface area contributed by atoms with Gasteiger partial charge < -0.3 is 9.84 Å². The van der Waals surface area contributed by atoms with Crippen molar-refractivity contribution < 1.29 is 19.5 Å². The van der Waals surface area contributed by atoms with Crippen LogP contribution in [0.5, 0.6) is 5.75 Å². The summed E-state index contributed by atoms with van der Waals surface area (Å²) in [5.74, 6) is 0.412. The van der Waals surface area contributed by atoms with Crippen molar-refractivity contribution in [1.82, 2.24) is 5.48 Å². The van der Waals surface area contributed by atoms with E-state index in [-0.39, 0.29) is 6.42 Å². The number of rotatable bonds is 11. The van der Waals surface area contributed by atoms with Crippen LogP contribution in [0.1, 0.15) is 36.0 Å². The molecule has 176 valence electrons. The molecule has 1 saturated carbocycles. The number of hydroxylamine groups is 1. The normalized spacial score (nSPS) is 13.9. The van der Waals surface area contributed by atoms with Gasteiger partial charge in [0.1, 0.15) is 19.0 Å². The highest BCUT2D eigenvalue weighted by molar-refractivity contribution is 5.71. The van der Waals surface area contributed by atoms with E-state index in [4.69, 9.17) is 14.7 Å². The summed E-state index contributed by atoms with van der Waals surface area (Å²) in [6, 6.07) is 24.3. The molecule has 2 N–H and O–H groups in total. The van der Waals surface area contributed by atoms with E-state index in [1.165, 1.54) is 30.4 Å². The molecule has 1 fully saturated rings. The maximum absolute atomic E-state index is 11.0. The summed E-state index contributed by atoms with van der Waals surface area (Å²) in [6.45, 7) is 2.59. The molecule has 34 heavy (non-hydrogen) atoms. The number of allylic oxidation sites excluding steroid dienone is 1. The Morgan fingerprint density at radius 1 is 0.971 bits per heavy atom. The fourth-order valence-corrected chi connectivity index (χ4v) is 4.00. The lowest BCUT2D eigenvalue weighted by Gasteiger charge is -2.24. The number of carboxylic acids is 1. The smallest absolute Gasteiger partial charge is 0.307 e. The molecule has 1 aliphatic carbocycles. The standard InChI is InChI=1S/C29H31NO4/c1-21-26(20-29(31)32)11-6-12-28(21)33-17-18-34-30-27(19-22-7-5-8-22)25-15-13-24(14-16-25)23-9-3-2-4-10-23/h2-4,6,9-16,19,22,30H,5,7-8,17-18,20H2,1H3,(H,31,32). The maximum atomic E-state index is 11.0. The van der Waals surface area contributed by atoms with Gasteiger partial charge in [0.15, 0.2) is 0 Å². The Labute approximate surface area is 201 Å². The van der Waals surface area contributed by atoms with Crippen LogP contribution in [0.3, 0.4) is 0 Å². The third kappa shape index (κ3) is 6.27. The minimum Gasteiger partial charge on any atom is -0.491 e. The predicted octanol–water partition coefficient (Wildman–Crippen LogP) is 6.03. The first-order chi connectivity index (χ1) is 16.6. The minimum atomic E-state index is -0.852. The number of ether oxygens (including phenoxy) is 1. The molecule has 5 nitrogen and oxygen atoms in total. The molecule has 4 rings (SSSR count). The second-order valence-corrected chi connectivity index (χ2v) is 8.62. The number of hydrogen-bond donors (Lipinski definition) is 2. The first kappa shape index (κ1) is 23.6. The number of carboxylic acid groups (broad SMARTS) is 1. The summed E-state index contributed by atoms with van der Waals surface area (Å²) in [4.78, 5) is 16.8. The van der Waals surface area contributed by atoms with Crippen LogP contribution in [0.25, 0.3) is 16.8 Å². The molecule has 3 aromatic rings. The molecule has 0 amide bonds. The van der Waals surface area contributed by atoms with Crippen molar-refractivity contribution in [1.29, 1.82) is 0 Å². The van der Waals surface area contributed by atoms with Gasteiger partial charge in [-0.05, 0) is 59.6 Å². The SMILES string of the molecule is Cc1c(CC(=O)O)cccc1OCCONC(=CC1CCC1)c1ccc(-c2ccccc2)cc1. The van der Waals surface area contributed by atoms with Crippen LogP contribution in [-0.4, -0.2) is 24.3 Å². The molecular formula is C29H31NO4. The van der Waals surface area contributed by atoms with Gasteiger partial charge in [0.2, 0.25) is 0 Å². The summed E-state index contributed by atoms with van der Waals surface area (Å²) >= 11 is 0. The van der Waals surface area contributed by atoms with Crippen LogP contribution in [0.4, 0.5) is 0 Å². The first-order valence-corrected chi connectivity index (χ1v) is 11.8. The first-order valence-electron chi connectivity index (χ1n) is 11.8. The largest absolute Gasteiger partial charge is 0.491 e. The van der Waals surface area contributed by atoms with Gasteiger partial charge in [-0.2, -0.15) is 0 Å². The Morgan fingerprint density at radius 2 is 1.71 bits per heavy atom. The summed E-state index contributed by atoms with van der Waals surface area (Å²) in [6.07, 6.45) is 5.95. The lowest BCUT2D eigenvalue weighted by Crippen LogP contribution is -2.20. The fraction of sp³-hybridized carbons (Fsp3) is 0.276. The van der Waals surface area contributed by atoms with Gasteiger partial charge in [-0.25, -0.2) is 0 Å². The zero-order chi connectivity index (χ0) is 23.8. The fourth-order valence-electron chi connectivity index (χ4n) is 4.00. The van der Waals surface area contributed by atoms with Crippen molar-refractivity contribution in [3.8, 4) is 16.9 Å². The van der Waals surface area contributed by atoms with Crippen LogP contribution in [0.15, 0.2) is 78.9 Å². The zero-order valence-corrected chi connectivity index (χ0v) is 19.5. The molecule has 0 aliphatic heterocycles. The average Bonchev–Trinajstić information content (AvgIpc) is 2.82. The Balaban J connectivity index is 1.34. The highest BCUT2D eigenvalue weighted by Gasteiger charge is 2.16. The van der Waals surface area contributed by atoms with E-state index in [0.29, 0.717) is 24.9 Å². The summed E-state index contributed by atoms with van der Waals surface area (Å²) < 4.78 is 5.85. The van der Waals surface area contributed by atoms with Gasteiger partial charge in [0.25, 0.3) is 0 Å². The monoisotopic (exact) mass is 457 g/mol. The van der Waals surface area contributed by atoms with Gasteiger partial charge in [0.05, 0.1) is 12.1 Å². The lowest BCUT2D eigenvalue weighted by atomic mass is 9.84. The van der Waals surface area contributed by atoms with Crippen LogP contribution in [-0.2, 0) is 16.1 Å². The van der Waals surface area contributed by atoms with E-state index in [2.05, 4.69) is 48.0 Å². The molecule has 3 aromatic carbocycles. The van der Waals surface area contributed by atoms with E-state index in [9.17, 15) is 4.79 Å². The molecule has 5 heteroatoms. The third-order valence-corrected chi connectivity index (χ3v) is 6.22. The number of hydrogen-bond acceptors (Lipinski definition) is 4. The van der Waals surface area contributed by atoms with E-state index in [1.807, 2.05) is 43.3 Å². The molecule has 1 aliphatic rings. The summed E-state index contributed by atoms with van der Waals surface area (Å²) in [5, 5.41) is 9.06. The highest BCUT2D eigenvalue weighted by atomic mass is 16.7. The van der Waals surface area contributed by atoms with Crippen molar-refractivity contribution in [2.24, 2.45) is 5.92 Å². The summed E-state index contributed by atoms with van der Waals surface area (Å²) in [5.41, 5.74) is 9.19. The Kier molecular flexibility index (Phi) is 7.99. The number of benzene rings is 3. The van der Waals surface area contributed by atoms with Gasteiger partial charge >= 0.3 is 5.97 Å². The lowest BCUT2D eigenvalue weighted by molar-refractivity contribution is -0.136. The average molecular weight is 458 g/mol. The van der Waals surface area contributed by atoms with E-state index < -0.39 is 5.97 Å². The van der Waals surface area contributed by atoms with Crippen LogP contribution < -0.4 is 10.2 Å². The second-order valence-electron chi connectivity index (χ2n) is 8.62. The number of carbonyl (C=O) groups is 1. The molecule has 0 saturated heterocycles. The molecule has 0 bridgehead atoms. The molecule has 0 atom stereocenters. The van der Waals surface area contributed by atoms with Gasteiger partial charge in [-0.3, -0.25) is 15.1 Å². The Hall–Kier alpha value is -3.57. The highest BCUT2D eigenvalue weighted by Crippen LogP contribution is 2.30. The molecule has 0 radical (unpaired) electrons. The zero-order valence-electron chi connectivity index (χ0n) is 19.5. The van der Waals surface area contributed by atoms with Crippen LogP contribution in [0, 0.1) is 12.8 Å². The topological polar surface area (TPSA) is 67.8 Å².